The molecule has 0 unspecified atom stereocenters. The van der Waals surface area contributed by atoms with Crippen molar-refractivity contribution >= 4 is 5.82 Å². The van der Waals surface area contributed by atoms with Gasteiger partial charge in [-0.25, -0.2) is 4.68 Å². The molecule has 1 aromatic heterocycles. The molecular weight excluding hydrogens is 166 g/mol. The summed E-state index contributed by atoms with van der Waals surface area (Å²) < 4.78 is 7.38. The van der Waals surface area contributed by atoms with Gasteiger partial charge in [0.1, 0.15) is 12.5 Å². The Kier molecular flexibility index (Phi) is 2.49. The Labute approximate surface area is 77.7 Å². The first-order valence-corrected chi connectivity index (χ1v) is 4.75. The van der Waals surface area contributed by atoms with Crippen LogP contribution in [0.2, 0.25) is 0 Å². The Morgan fingerprint density at radius 2 is 2.31 bits per heavy atom. The van der Waals surface area contributed by atoms with E-state index in [4.69, 9.17) is 10.5 Å². The summed E-state index contributed by atoms with van der Waals surface area (Å²) in [5.41, 5.74) is 5.47. The van der Waals surface area contributed by atoms with Crippen molar-refractivity contribution in [2.75, 3.05) is 5.73 Å². The van der Waals surface area contributed by atoms with Crippen LogP contribution in [0.3, 0.4) is 0 Å². The summed E-state index contributed by atoms with van der Waals surface area (Å²) in [6, 6.07) is 1.78. The van der Waals surface area contributed by atoms with Gasteiger partial charge < -0.3 is 10.5 Å². The molecule has 1 heterocycles. The standard InChI is InChI=1S/C9H15N3O/c10-9-5-6-12(11-9)7-13-8-3-1-2-4-8/h5-6,8H,1-4,7H2,(H2,10,11). The van der Waals surface area contributed by atoms with E-state index in [2.05, 4.69) is 5.10 Å². The summed E-state index contributed by atoms with van der Waals surface area (Å²) in [6.07, 6.45) is 7.25. The zero-order chi connectivity index (χ0) is 9.10. The summed E-state index contributed by atoms with van der Waals surface area (Å²) in [7, 11) is 0. The molecule has 2 N–H and O–H groups in total. The van der Waals surface area contributed by atoms with E-state index >= 15 is 0 Å². The lowest BCUT2D eigenvalue weighted by atomic mass is 10.3. The molecule has 72 valence electrons. The third-order valence-electron chi connectivity index (χ3n) is 2.41. The molecule has 0 spiro atoms. The molecule has 0 amide bonds. The molecule has 4 heteroatoms. The second-order valence-corrected chi connectivity index (χ2v) is 3.48. The Hall–Kier alpha value is -1.03. The van der Waals surface area contributed by atoms with Gasteiger partial charge >= 0.3 is 0 Å². The van der Waals surface area contributed by atoms with E-state index in [0.29, 0.717) is 18.7 Å². The Morgan fingerprint density at radius 1 is 1.54 bits per heavy atom. The van der Waals surface area contributed by atoms with Crippen LogP contribution < -0.4 is 5.73 Å². The summed E-state index contributed by atoms with van der Waals surface area (Å²) >= 11 is 0. The van der Waals surface area contributed by atoms with Gasteiger partial charge in [-0.2, -0.15) is 5.10 Å². The number of nitrogen functional groups attached to an aromatic ring is 1. The first-order valence-electron chi connectivity index (χ1n) is 4.75. The van der Waals surface area contributed by atoms with E-state index in [1.165, 1.54) is 25.7 Å². The fourth-order valence-corrected chi connectivity index (χ4v) is 1.69. The van der Waals surface area contributed by atoms with Crippen LogP contribution >= 0.6 is 0 Å². The first kappa shape index (κ1) is 8.56. The van der Waals surface area contributed by atoms with Gasteiger partial charge in [0.15, 0.2) is 0 Å². The third-order valence-corrected chi connectivity index (χ3v) is 2.41. The van der Waals surface area contributed by atoms with Crippen molar-refractivity contribution in [1.29, 1.82) is 0 Å². The second kappa shape index (κ2) is 3.79. The van der Waals surface area contributed by atoms with Crippen LogP contribution in [0.15, 0.2) is 12.3 Å². The quantitative estimate of drug-likeness (QED) is 0.766. The molecule has 0 radical (unpaired) electrons. The van der Waals surface area contributed by atoms with E-state index in [1.807, 2.05) is 6.20 Å². The molecule has 2 rings (SSSR count). The molecule has 1 aliphatic carbocycles. The fourth-order valence-electron chi connectivity index (χ4n) is 1.69. The van der Waals surface area contributed by atoms with Gasteiger partial charge in [-0.05, 0) is 12.8 Å². The Morgan fingerprint density at radius 3 is 2.92 bits per heavy atom. The minimum absolute atomic E-state index is 0.436. The fraction of sp³-hybridized carbons (Fsp3) is 0.667. The molecule has 0 bridgehead atoms. The molecule has 0 aliphatic heterocycles. The van der Waals surface area contributed by atoms with Gasteiger partial charge in [0, 0.05) is 12.3 Å². The van der Waals surface area contributed by atoms with Gasteiger partial charge in [-0.15, -0.1) is 0 Å². The predicted molar refractivity (Wildman–Crippen MR) is 50.0 cm³/mol. The lowest BCUT2D eigenvalue weighted by molar-refractivity contribution is 0.00561. The molecular formula is C9H15N3O. The topological polar surface area (TPSA) is 53.1 Å². The van der Waals surface area contributed by atoms with Crippen molar-refractivity contribution in [3.05, 3.63) is 12.3 Å². The molecule has 0 saturated heterocycles. The number of nitrogens with zero attached hydrogens (tertiary/aromatic N) is 2. The molecule has 0 atom stereocenters. The normalized spacial score (nSPS) is 18.2. The van der Waals surface area contributed by atoms with Crippen LogP contribution in [0, 0.1) is 0 Å². The lowest BCUT2D eigenvalue weighted by Crippen LogP contribution is -2.12. The summed E-state index contributed by atoms with van der Waals surface area (Å²) in [5, 5.41) is 4.04. The minimum atomic E-state index is 0.436. The zero-order valence-corrected chi connectivity index (χ0v) is 7.65. The molecule has 1 saturated carbocycles. The Balaban J connectivity index is 1.78. The number of anilines is 1. The van der Waals surface area contributed by atoms with E-state index < -0.39 is 0 Å². The van der Waals surface area contributed by atoms with Gasteiger partial charge in [-0.1, -0.05) is 12.8 Å². The molecule has 4 nitrogen and oxygen atoms in total. The van der Waals surface area contributed by atoms with Gasteiger partial charge in [0.25, 0.3) is 0 Å². The highest BCUT2D eigenvalue weighted by molar-refractivity contribution is 5.23. The highest BCUT2D eigenvalue weighted by Crippen LogP contribution is 2.21. The van der Waals surface area contributed by atoms with Crippen molar-refractivity contribution in [3.8, 4) is 0 Å². The zero-order valence-electron chi connectivity index (χ0n) is 7.65. The molecule has 0 aromatic carbocycles. The number of rotatable bonds is 3. The average molecular weight is 181 g/mol. The smallest absolute Gasteiger partial charge is 0.145 e. The van der Waals surface area contributed by atoms with Gasteiger partial charge in [0.05, 0.1) is 6.10 Å². The average Bonchev–Trinajstić information content (AvgIpc) is 2.71. The van der Waals surface area contributed by atoms with E-state index in [-0.39, 0.29) is 0 Å². The number of nitrogens with two attached hydrogens (primary N) is 1. The number of hydrogen-bond acceptors (Lipinski definition) is 3. The van der Waals surface area contributed by atoms with Crippen LogP contribution in [0.25, 0.3) is 0 Å². The van der Waals surface area contributed by atoms with Crippen LogP contribution in [0.1, 0.15) is 25.7 Å². The largest absolute Gasteiger partial charge is 0.382 e. The van der Waals surface area contributed by atoms with Crippen LogP contribution in [-0.2, 0) is 11.5 Å². The maximum atomic E-state index is 5.65. The lowest BCUT2D eigenvalue weighted by Gasteiger charge is -2.10. The van der Waals surface area contributed by atoms with Gasteiger partial charge in [-0.3, -0.25) is 0 Å². The highest BCUT2D eigenvalue weighted by atomic mass is 16.5. The van der Waals surface area contributed by atoms with E-state index in [0.717, 1.165) is 0 Å². The van der Waals surface area contributed by atoms with Crippen LogP contribution in [0.4, 0.5) is 5.82 Å². The van der Waals surface area contributed by atoms with Crippen LogP contribution in [0.5, 0.6) is 0 Å². The van der Waals surface area contributed by atoms with Crippen molar-refractivity contribution in [2.45, 2.75) is 38.5 Å². The van der Waals surface area contributed by atoms with Crippen molar-refractivity contribution in [3.63, 3.8) is 0 Å². The number of hydrogen-bond donors (Lipinski definition) is 1. The third kappa shape index (κ3) is 2.21. The SMILES string of the molecule is Nc1ccn(COC2CCCC2)n1. The van der Waals surface area contributed by atoms with Crippen molar-refractivity contribution < 1.29 is 4.74 Å². The summed E-state index contributed by atoms with van der Waals surface area (Å²) in [6.45, 7) is 0.530. The molecule has 13 heavy (non-hydrogen) atoms. The number of ether oxygens (including phenoxy) is 1. The first-order chi connectivity index (χ1) is 6.34. The Bertz CT molecular complexity index is 266. The summed E-state index contributed by atoms with van der Waals surface area (Å²) in [4.78, 5) is 0. The minimum Gasteiger partial charge on any atom is -0.382 e. The summed E-state index contributed by atoms with van der Waals surface area (Å²) in [5.74, 6) is 0.551. The van der Waals surface area contributed by atoms with Gasteiger partial charge in [0.2, 0.25) is 0 Å². The van der Waals surface area contributed by atoms with Crippen molar-refractivity contribution in [2.24, 2.45) is 0 Å². The molecule has 1 fully saturated rings. The molecule has 1 aliphatic rings. The maximum absolute atomic E-state index is 5.65. The maximum Gasteiger partial charge on any atom is 0.145 e. The van der Waals surface area contributed by atoms with E-state index in [1.54, 1.807) is 10.7 Å². The predicted octanol–water partition coefficient (Wildman–Crippen LogP) is 1.38. The second-order valence-electron chi connectivity index (χ2n) is 3.48. The van der Waals surface area contributed by atoms with E-state index in [9.17, 15) is 0 Å². The van der Waals surface area contributed by atoms with Crippen molar-refractivity contribution in [1.82, 2.24) is 9.78 Å². The number of aromatic nitrogens is 2. The molecule has 1 aromatic rings. The monoisotopic (exact) mass is 181 g/mol. The van der Waals surface area contributed by atoms with Crippen LogP contribution in [-0.4, -0.2) is 15.9 Å². The highest BCUT2D eigenvalue weighted by Gasteiger charge is 2.15.